The molecule has 0 aliphatic carbocycles. The molecule has 10 atom stereocenters. The molecular formula is C28H32N2O13S. The van der Waals surface area contributed by atoms with Crippen LogP contribution in [0, 0.1) is 10.1 Å². The molecule has 3 aromatic rings. The van der Waals surface area contributed by atoms with Crippen LogP contribution in [0.5, 0.6) is 0 Å². The second-order valence-electron chi connectivity index (χ2n) is 10.2. The number of aromatic nitrogens is 1. The first-order valence-electron chi connectivity index (χ1n) is 13.6. The second kappa shape index (κ2) is 14.4. The number of hydrogen-bond acceptors (Lipinski definition) is 15. The van der Waals surface area contributed by atoms with Crippen molar-refractivity contribution < 1.29 is 59.0 Å². The zero-order valence-electron chi connectivity index (χ0n) is 23.0. The van der Waals surface area contributed by atoms with Gasteiger partial charge >= 0.3 is 0 Å². The van der Waals surface area contributed by atoms with E-state index in [4.69, 9.17) is 23.5 Å². The molecule has 0 radical (unpaired) electrons. The summed E-state index contributed by atoms with van der Waals surface area (Å²) < 4.78 is 28.3. The molecule has 0 saturated carbocycles. The van der Waals surface area contributed by atoms with E-state index in [9.17, 15) is 40.8 Å². The quantitative estimate of drug-likeness (QED) is 0.122. The average molecular weight is 637 g/mol. The van der Waals surface area contributed by atoms with Gasteiger partial charge in [0.1, 0.15) is 60.9 Å². The molecule has 2 aliphatic heterocycles. The zero-order valence-corrected chi connectivity index (χ0v) is 23.8. The molecule has 15 nitrogen and oxygen atoms in total. The summed E-state index contributed by atoms with van der Waals surface area (Å²) in [5.41, 5.74) is 0.221. The molecule has 0 unspecified atom stereocenters. The fourth-order valence-corrected chi connectivity index (χ4v) is 6.07. The summed E-state index contributed by atoms with van der Waals surface area (Å²) in [6, 6.07) is 14.7. The Kier molecular flexibility index (Phi) is 10.6. The van der Waals surface area contributed by atoms with Crippen LogP contribution in [0.25, 0.3) is 11.1 Å². The molecule has 238 valence electrons. The third-order valence-electron chi connectivity index (χ3n) is 7.37. The maximum Gasteiger partial charge on any atom is 0.269 e. The first kappa shape index (κ1) is 32.4. The summed E-state index contributed by atoms with van der Waals surface area (Å²) in [4.78, 5) is 10.9. The van der Waals surface area contributed by atoms with Gasteiger partial charge < -0.3 is 54.1 Å². The Morgan fingerprint density at radius 1 is 0.864 bits per heavy atom. The van der Waals surface area contributed by atoms with E-state index in [1.165, 1.54) is 30.5 Å². The number of aliphatic hydroxyl groups is 6. The molecule has 0 bridgehead atoms. The van der Waals surface area contributed by atoms with Crippen LogP contribution < -0.4 is 0 Å². The highest BCUT2D eigenvalue weighted by molar-refractivity contribution is 7.99. The van der Waals surface area contributed by atoms with Crippen LogP contribution in [-0.2, 0) is 25.6 Å². The summed E-state index contributed by atoms with van der Waals surface area (Å²) >= 11 is 0.972. The molecule has 3 heterocycles. The number of thioether (sulfide) groups is 1. The van der Waals surface area contributed by atoms with E-state index in [1.54, 1.807) is 0 Å². The van der Waals surface area contributed by atoms with Crippen LogP contribution in [0.1, 0.15) is 5.76 Å². The smallest absolute Gasteiger partial charge is 0.269 e. The fourth-order valence-electron chi connectivity index (χ4n) is 5.01. The van der Waals surface area contributed by atoms with Gasteiger partial charge in [-0.2, -0.15) is 0 Å². The van der Waals surface area contributed by atoms with Gasteiger partial charge in [0.05, 0.1) is 24.3 Å². The fraction of sp³-hybridized carbons (Fsp3) is 0.464. The van der Waals surface area contributed by atoms with Crippen molar-refractivity contribution in [2.45, 2.75) is 72.1 Å². The second-order valence-corrected chi connectivity index (χ2v) is 11.4. The van der Waals surface area contributed by atoms with Gasteiger partial charge in [-0.1, -0.05) is 47.3 Å². The minimum absolute atomic E-state index is 0.127. The Hall–Kier alpha value is -3.00. The van der Waals surface area contributed by atoms with Crippen molar-refractivity contribution in [2.24, 2.45) is 0 Å². The molecule has 2 fully saturated rings. The van der Waals surface area contributed by atoms with Gasteiger partial charge in [-0.15, -0.1) is 0 Å². The lowest BCUT2D eigenvalue weighted by Crippen LogP contribution is -2.64. The average Bonchev–Trinajstić information content (AvgIpc) is 3.51. The maximum absolute atomic E-state index is 11.1. The standard InChI is InChI=1S/C28H32N2O13S/c31-11-18-21(33)26(39-13-20-17(10-29-43-20)14-4-2-1-3-5-14)24(36)27(40-18)42-25-19(12-32)41-28(23(35)22(25)34)44-16-8-6-15(7-9-16)30(37)38/h1-10,18-19,21-28,31-36H,11-13H2/t18-,19-,21+,22-,23-,24-,25-,26+,27+,28+/m1/s1. The Labute approximate surface area is 254 Å². The van der Waals surface area contributed by atoms with E-state index in [-0.39, 0.29) is 12.3 Å². The number of nitrogens with zero attached hydrogens (tertiary/aromatic N) is 2. The minimum atomic E-state index is -1.66. The lowest BCUT2D eigenvalue weighted by atomic mass is 9.97. The third-order valence-corrected chi connectivity index (χ3v) is 8.54. The highest BCUT2D eigenvalue weighted by Crippen LogP contribution is 2.37. The minimum Gasteiger partial charge on any atom is -0.394 e. The summed E-state index contributed by atoms with van der Waals surface area (Å²) in [7, 11) is 0. The van der Waals surface area contributed by atoms with Gasteiger partial charge in [0.25, 0.3) is 5.69 Å². The summed E-state index contributed by atoms with van der Waals surface area (Å²) in [5.74, 6) is 0.316. The Balaban J connectivity index is 1.27. The van der Waals surface area contributed by atoms with Gasteiger partial charge in [-0.25, -0.2) is 0 Å². The van der Waals surface area contributed by atoms with Crippen LogP contribution in [0.3, 0.4) is 0 Å². The van der Waals surface area contributed by atoms with Crippen molar-refractivity contribution in [3.8, 4) is 11.1 Å². The Bertz CT molecular complexity index is 1360. The predicted octanol–water partition coefficient (Wildman–Crippen LogP) is 0.190. The molecule has 2 aliphatic rings. The summed E-state index contributed by atoms with van der Waals surface area (Å²) in [6.07, 6.45) is -11.7. The van der Waals surface area contributed by atoms with Gasteiger partial charge in [0, 0.05) is 22.6 Å². The van der Waals surface area contributed by atoms with Crippen LogP contribution in [0.15, 0.2) is 70.2 Å². The van der Waals surface area contributed by atoms with E-state index < -0.39 is 78.7 Å². The maximum atomic E-state index is 11.1. The van der Waals surface area contributed by atoms with Gasteiger partial charge in [0.2, 0.25) is 0 Å². The van der Waals surface area contributed by atoms with Gasteiger partial charge in [-0.05, 0) is 17.7 Å². The first-order chi connectivity index (χ1) is 21.2. The number of ether oxygens (including phenoxy) is 4. The molecule has 44 heavy (non-hydrogen) atoms. The molecular weight excluding hydrogens is 604 g/mol. The normalized spacial score (nSPS) is 32.4. The van der Waals surface area contributed by atoms with E-state index >= 15 is 0 Å². The Morgan fingerprint density at radius 3 is 2.23 bits per heavy atom. The number of non-ortho nitro benzene ring substituents is 1. The number of benzene rings is 2. The van der Waals surface area contributed by atoms with Crippen molar-refractivity contribution in [1.29, 1.82) is 0 Å². The highest BCUT2D eigenvalue weighted by Gasteiger charge is 2.51. The number of hydrogen-bond donors (Lipinski definition) is 6. The van der Waals surface area contributed by atoms with Gasteiger partial charge in [0.15, 0.2) is 12.1 Å². The third kappa shape index (κ3) is 6.95. The molecule has 1 aromatic heterocycles. The molecule has 0 spiro atoms. The SMILES string of the molecule is O=[N+]([O-])c1ccc(S[C@@H]2O[C@H](CO)[C@@H](O[C@@H]3O[C@H](CO)[C@H](O)[C@H](OCc4oncc4-c4ccccc4)[C@H]3O)[C@H](O)[C@H]2O)cc1. The molecule has 2 saturated heterocycles. The molecule has 16 heteroatoms. The van der Waals surface area contributed by atoms with E-state index in [0.717, 1.165) is 17.3 Å². The molecule has 6 N–H and O–H groups in total. The van der Waals surface area contributed by atoms with E-state index in [0.29, 0.717) is 16.2 Å². The highest BCUT2D eigenvalue weighted by atomic mass is 32.2. The van der Waals surface area contributed by atoms with Crippen LogP contribution >= 0.6 is 11.8 Å². The van der Waals surface area contributed by atoms with Crippen molar-refractivity contribution in [3.05, 3.63) is 76.7 Å². The van der Waals surface area contributed by atoms with Crippen molar-refractivity contribution in [2.75, 3.05) is 13.2 Å². The van der Waals surface area contributed by atoms with Crippen LogP contribution in [-0.4, -0.2) is 114 Å². The molecule has 0 amide bonds. The summed E-state index contributed by atoms with van der Waals surface area (Å²) in [5, 5.41) is 78.3. The number of rotatable bonds is 11. The Morgan fingerprint density at radius 2 is 1.57 bits per heavy atom. The number of aliphatic hydroxyl groups excluding tert-OH is 6. The van der Waals surface area contributed by atoms with Crippen LogP contribution in [0.4, 0.5) is 5.69 Å². The van der Waals surface area contributed by atoms with E-state index in [2.05, 4.69) is 5.16 Å². The van der Waals surface area contributed by atoms with Crippen molar-refractivity contribution in [3.63, 3.8) is 0 Å². The largest absolute Gasteiger partial charge is 0.394 e. The summed E-state index contributed by atoms with van der Waals surface area (Å²) in [6.45, 7) is -1.55. The molecule has 5 rings (SSSR count). The van der Waals surface area contributed by atoms with Gasteiger partial charge in [-0.3, -0.25) is 10.1 Å². The van der Waals surface area contributed by atoms with E-state index in [1.807, 2.05) is 30.3 Å². The van der Waals surface area contributed by atoms with Crippen LogP contribution in [0.2, 0.25) is 0 Å². The number of nitro benzene ring substituents is 1. The lowest BCUT2D eigenvalue weighted by Gasteiger charge is -2.46. The lowest BCUT2D eigenvalue weighted by molar-refractivity contribution is -0.384. The monoisotopic (exact) mass is 636 g/mol. The van der Waals surface area contributed by atoms with Crippen molar-refractivity contribution in [1.82, 2.24) is 5.16 Å². The molecule has 2 aromatic carbocycles. The number of nitro groups is 1. The topological polar surface area (TPSA) is 227 Å². The van der Waals surface area contributed by atoms with Crippen molar-refractivity contribution >= 4 is 17.4 Å². The predicted molar refractivity (Wildman–Crippen MR) is 150 cm³/mol. The first-order valence-corrected chi connectivity index (χ1v) is 14.5. The zero-order chi connectivity index (χ0) is 31.4.